The quantitative estimate of drug-likeness (QED) is 0.386. The fourth-order valence-corrected chi connectivity index (χ4v) is 8.96. The number of benzene rings is 1. The molecule has 4 heterocycles. The van der Waals surface area contributed by atoms with Crippen molar-refractivity contribution in [3.8, 4) is 0 Å². The molecule has 1 unspecified atom stereocenters. The Kier molecular flexibility index (Phi) is 7.74. The van der Waals surface area contributed by atoms with Crippen molar-refractivity contribution >= 4 is 29.5 Å². The van der Waals surface area contributed by atoms with Gasteiger partial charge in [-0.1, -0.05) is 74.4 Å². The van der Waals surface area contributed by atoms with E-state index in [9.17, 15) is 19.5 Å². The molecule has 0 radical (unpaired) electrons. The summed E-state index contributed by atoms with van der Waals surface area (Å²) in [6, 6.07) is 9.25. The smallest absolute Gasteiger partial charge is 0.247 e. The summed E-state index contributed by atoms with van der Waals surface area (Å²) in [6.07, 6.45) is 11.7. The number of carbonyl (C=O) groups excluding carboxylic acids is 3. The number of unbranched alkanes of at least 4 members (excludes halogenated alkanes) is 2. The van der Waals surface area contributed by atoms with E-state index < -0.39 is 27.4 Å². The molecular weight excluding hydrogens is 498 g/mol. The minimum absolute atomic E-state index is 0.0308. The summed E-state index contributed by atoms with van der Waals surface area (Å²) in [5, 5.41) is 9.59. The second-order valence-corrected chi connectivity index (χ2v) is 12.9. The van der Waals surface area contributed by atoms with Crippen molar-refractivity contribution in [2.45, 2.75) is 61.6 Å². The van der Waals surface area contributed by atoms with Crippen LogP contribution in [0.1, 0.15) is 45.1 Å². The van der Waals surface area contributed by atoms with Crippen LogP contribution < -0.4 is 0 Å². The van der Waals surface area contributed by atoms with Crippen LogP contribution in [0.15, 0.2) is 54.6 Å². The normalized spacial score (nSPS) is 32.3. The van der Waals surface area contributed by atoms with Gasteiger partial charge in [0, 0.05) is 44.1 Å². The van der Waals surface area contributed by atoms with Crippen molar-refractivity contribution in [2.75, 3.05) is 32.8 Å². The van der Waals surface area contributed by atoms with E-state index in [-0.39, 0.29) is 24.3 Å². The lowest BCUT2D eigenvalue weighted by Gasteiger charge is -2.36. The minimum atomic E-state index is -0.821. The van der Waals surface area contributed by atoms with Gasteiger partial charge in [-0.15, -0.1) is 11.8 Å². The van der Waals surface area contributed by atoms with Gasteiger partial charge in [0.15, 0.2) is 0 Å². The Morgan fingerprint density at radius 3 is 2.37 bits per heavy atom. The number of carbonyl (C=O) groups is 3. The Balaban J connectivity index is 1.53. The molecule has 0 bridgehead atoms. The molecule has 38 heavy (non-hydrogen) atoms. The first-order valence-corrected chi connectivity index (χ1v) is 14.8. The molecule has 5 atom stereocenters. The van der Waals surface area contributed by atoms with Gasteiger partial charge in [-0.25, -0.2) is 0 Å². The molecule has 0 aliphatic carbocycles. The molecule has 4 aliphatic rings. The van der Waals surface area contributed by atoms with E-state index in [1.165, 1.54) is 0 Å². The number of amides is 3. The number of aliphatic hydroxyl groups excluding tert-OH is 1. The highest BCUT2D eigenvalue weighted by molar-refractivity contribution is 8.02. The molecule has 4 aliphatic heterocycles. The van der Waals surface area contributed by atoms with Crippen molar-refractivity contribution < 1.29 is 19.5 Å². The first-order valence-electron chi connectivity index (χ1n) is 13.9. The zero-order valence-electron chi connectivity index (χ0n) is 22.4. The minimum Gasteiger partial charge on any atom is -0.396 e. The topological polar surface area (TPSA) is 81.2 Å². The maximum absolute atomic E-state index is 14.3. The number of aliphatic hydroxyl groups is 1. The molecular formula is C30H39N3O4S. The van der Waals surface area contributed by atoms with Gasteiger partial charge in [-0.05, 0) is 25.3 Å². The Hall–Kier alpha value is -2.58. The Morgan fingerprint density at radius 1 is 0.895 bits per heavy atom. The summed E-state index contributed by atoms with van der Waals surface area (Å²) in [6.45, 7) is 6.59. The third-order valence-electron chi connectivity index (χ3n) is 8.53. The first kappa shape index (κ1) is 27.0. The average Bonchev–Trinajstić information content (AvgIpc) is 3.18. The van der Waals surface area contributed by atoms with E-state index in [4.69, 9.17) is 0 Å². The molecule has 1 aromatic carbocycles. The van der Waals surface area contributed by atoms with Crippen LogP contribution in [-0.2, 0) is 20.9 Å². The van der Waals surface area contributed by atoms with Crippen molar-refractivity contribution in [1.82, 2.24) is 14.7 Å². The van der Waals surface area contributed by atoms with Crippen LogP contribution in [-0.4, -0.2) is 85.8 Å². The van der Waals surface area contributed by atoms with Gasteiger partial charge >= 0.3 is 0 Å². The van der Waals surface area contributed by atoms with Gasteiger partial charge in [0.1, 0.15) is 6.04 Å². The molecule has 0 aromatic heterocycles. The van der Waals surface area contributed by atoms with Crippen LogP contribution in [0.2, 0.25) is 0 Å². The average molecular weight is 538 g/mol. The summed E-state index contributed by atoms with van der Waals surface area (Å²) < 4.78 is -1.43. The van der Waals surface area contributed by atoms with E-state index in [0.29, 0.717) is 39.1 Å². The molecule has 204 valence electrons. The second-order valence-electron chi connectivity index (χ2n) is 11.1. The molecule has 2 saturated heterocycles. The number of hydrogen-bond donors (Lipinski definition) is 1. The molecule has 1 spiro atoms. The summed E-state index contributed by atoms with van der Waals surface area (Å²) in [4.78, 5) is 48.0. The van der Waals surface area contributed by atoms with E-state index in [2.05, 4.69) is 26.0 Å². The molecule has 7 nitrogen and oxygen atoms in total. The lowest BCUT2D eigenvalue weighted by Crippen LogP contribution is -2.53. The number of fused-ring (bicyclic) bond motifs is 2. The highest BCUT2D eigenvalue weighted by Gasteiger charge is 2.73. The van der Waals surface area contributed by atoms with Crippen molar-refractivity contribution in [1.29, 1.82) is 0 Å². The van der Waals surface area contributed by atoms with E-state index in [0.717, 1.165) is 24.8 Å². The number of hydrogen-bond acceptors (Lipinski definition) is 5. The maximum atomic E-state index is 14.3. The van der Waals surface area contributed by atoms with Gasteiger partial charge in [-0.3, -0.25) is 14.4 Å². The lowest BCUT2D eigenvalue weighted by atomic mass is 9.74. The van der Waals surface area contributed by atoms with E-state index in [1.807, 2.05) is 52.3 Å². The first-order chi connectivity index (χ1) is 18.4. The predicted molar refractivity (Wildman–Crippen MR) is 149 cm³/mol. The van der Waals surface area contributed by atoms with Gasteiger partial charge in [-0.2, -0.15) is 0 Å². The third-order valence-corrected chi connectivity index (χ3v) is 10.3. The van der Waals surface area contributed by atoms with E-state index >= 15 is 0 Å². The van der Waals surface area contributed by atoms with Gasteiger partial charge in [0.05, 0.1) is 16.6 Å². The zero-order valence-corrected chi connectivity index (χ0v) is 23.2. The SMILES string of the molecule is CCCCCN1CC=C[C@]23S[C@@]4(C)C=CCN(Cc5ccccc5)C(=O)[C@H]4[C@H]2C(=O)N(CCCO)C3C1=O. The number of likely N-dealkylation sites (tertiary alicyclic amines) is 1. The lowest BCUT2D eigenvalue weighted by molar-refractivity contribution is -0.145. The summed E-state index contributed by atoms with van der Waals surface area (Å²) in [7, 11) is 0. The molecule has 2 fully saturated rings. The van der Waals surface area contributed by atoms with Crippen LogP contribution >= 0.6 is 11.8 Å². The summed E-state index contributed by atoms with van der Waals surface area (Å²) in [5.74, 6) is -1.41. The van der Waals surface area contributed by atoms with Crippen LogP contribution in [0.3, 0.4) is 0 Å². The second kappa shape index (κ2) is 10.9. The zero-order chi connectivity index (χ0) is 26.9. The number of thioether (sulfide) groups is 1. The van der Waals surface area contributed by atoms with Crippen LogP contribution in [0.5, 0.6) is 0 Å². The standard InChI is InChI=1S/C30H39N3O4S/c1-3-4-8-16-31-17-10-15-30-24(27(36)33(19-11-20-34)25(30)28(31)37)23-26(35)32(18-9-14-29(23,2)38-30)21-22-12-6-5-7-13-22/h5-7,9-10,12-15,23-25,34H,3-4,8,11,16-21H2,1-2H3/t23-,24+,25?,29+,30+/m1/s1. The maximum Gasteiger partial charge on any atom is 0.247 e. The predicted octanol–water partition coefficient (Wildman–Crippen LogP) is 3.24. The van der Waals surface area contributed by atoms with Crippen LogP contribution in [0.25, 0.3) is 0 Å². The molecule has 3 amide bonds. The monoisotopic (exact) mass is 537 g/mol. The fourth-order valence-electron chi connectivity index (χ4n) is 6.80. The number of rotatable bonds is 9. The largest absolute Gasteiger partial charge is 0.396 e. The molecule has 1 aromatic rings. The van der Waals surface area contributed by atoms with Gasteiger partial charge in [0.2, 0.25) is 17.7 Å². The van der Waals surface area contributed by atoms with Gasteiger partial charge < -0.3 is 19.8 Å². The molecule has 5 rings (SSSR count). The van der Waals surface area contributed by atoms with Crippen molar-refractivity contribution in [3.63, 3.8) is 0 Å². The molecule has 0 saturated carbocycles. The Labute approximate surface area is 229 Å². The van der Waals surface area contributed by atoms with Gasteiger partial charge in [0.25, 0.3) is 0 Å². The van der Waals surface area contributed by atoms with Crippen LogP contribution in [0.4, 0.5) is 0 Å². The summed E-state index contributed by atoms with van der Waals surface area (Å²) in [5.41, 5.74) is 1.05. The fraction of sp³-hybridized carbons (Fsp3) is 0.567. The highest BCUT2D eigenvalue weighted by Crippen LogP contribution is 2.65. The van der Waals surface area contributed by atoms with Crippen molar-refractivity contribution in [2.24, 2.45) is 11.8 Å². The number of nitrogens with zero attached hydrogens (tertiary/aromatic N) is 3. The van der Waals surface area contributed by atoms with Crippen molar-refractivity contribution in [3.05, 3.63) is 60.2 Å². The summed E-state index contributed by atoms with van der Waals surface area (Å²) >= 11 is 1.62. The Bertz CT molecular complexity index is 1120. The third kappa shape index (κ3) is 4.49. The molecule has 1 N–H and O–H groups in total. The Morgan fingerprint density at radius 2 is 1.63 bits per heavy atom. The molecule has 8 heteroatoms. The highest BCUT2D eigenvalue weighted by atomic mass is 32.2. The van der Waals surface area contributed by atoms with E-state index in [1.54, 1.807) is 16.7 Å². The van der Waals surface area contributed by atoms with Crippen LogP contribution in [0, 0.1) is 11.8 Å².